The molecular weight excluding hydrogens is 640 g/mol. The second-order valence-electron chi connectivity index (χ2n) is 10.5. The van der Waals surface area contributed by atoms with Gasteiger partial charge in [0.05, 0.1) is 54.8 Å². The first-order chi connectivity index (χ1) is 23.1. The van der Waals surface area contributed by atoms with Gasteiger partial charge in [0.1, 0.15) is 11.5 Å². The third-order valence-corrected chi connectivity index (χ3v) is 8.56. The smallest absolute Gasteiger partial charge is 0.343 e. The van der Waals surface area contributed by atoms with Gasteiger partial charge in [-0.25, -0.2) is 19.4 Å². The zero-order chi connectivity index (χ0) is 34.5. The van der Waals surface area contributed by atoms with E-state index in [9.17, 15) is 19.2 Å². The van der Waals surface area contributed by atoms with E-state index in [1.54, 1.807) is 76.2 Å². The lowest BCUT2D eigenvalue weighted by molar-refractivity contribution is -0.143. The molecule has 12 nitrogen and oxygen atoms in total. The average molecular weight is 675 g/mol. The number of aromatic nitrogens is 1. The summed E-state index contributed by atoms with van der Waals surface area (Å²) in [5, 5.41) is 0. The lowest BCUT2D eigenvalue weighted by Crippen LogP contribution is -2.40. The van der Waals surface area contributed by atoms with Crippen molar-refractivity contribution in [3.8, 4) is 22.8 Å². The van der Waals surface area contributed by atoms with Gasteiger partial charge in [-0.1, -0.05) is 29.5 Å². The van der Waals surface area contributed by atoms with Gasteiger partial charge in [-0.05, 0) is 69.2 Å². The van der Waals surface area contributed by atoms with Crippen molar-refractivity contribution >= 4 is 35.3 Å². The third kappa shape index (κ3) is 6.67. The Morgan fingerprint density at radius 3 is 2.46 bits per heavy atom. The molecule has 0 aliphatic carbocycles. The summed E-state index contributed by atoms with van der Waals surface area (Å²) in [6.07, 6.45) is 1.61. The van der Waals surface area contributed by atoms with Crippen LogP contribution in [0.4, 0.5) is 0 Å². The molecule has 2 aromatic heterocycles. The topological polar surface area (TPSA) is 145 Å². The summed E-state index contributed by atoms with van der Waals surface area (Å²) in [5.74, 6) is -0.111. The maximum Gasteiger partial charge on any atom is 0.343 e. The minimum Gasteiger partial charge on any atom is -0.490 e. The van der Waals surface area contributed by atoms with Crippen LogP contribution >= 0.6 is 11.3 Å². The number of carbonyl (C=O) groups excluding carboxylic acids is 3. The lowest BCUT2D eigenvalue weighted by Gasteiger charge is -2.25. The van der Waals surface area contributed by atoms with Gasteiger partial charge in [-0.15, -0.1) is 0 Å². The largest absolute Gasteiger partial charge is 0.490 e. The molecule has 1 aliphatic heterocycles. The van der Waals surface area contributed by atoms with Gasteiger partial charge in [0, 0.05) is 11.6 Å². The summed E-state index contributed by atoms with van der Waals surface area (Å²) in [4.78, 5) is 56.4. The first kappa shape index (κ1) is 33.9. The quantitative estimate of drug-likeness (QED) is 0.168. The molecule has 13 heteroatoms. The highest BCUT2D eigenvalue weighted by molar-refractivity contribution is 7.07. The molecule has 0 saturated heterocycles. The fraction of sp³-hybridized carbons (Fsp3) is 0.286. The number of allylic oxidation sites excluding steroid dienone is 1. The SMILES string of the molecule is CCOC(=O)C1=C(C)N=c2s/c(=C\c3ccc(-c4cccc(C(=O)OC)c4C)o3)c(=O)n2[C@H]1c1ccc(OCC(=O)OC)c(OCC)c1. The van der Waals surface area contributed by atoms with E-state index in [0.717, 1.165) is 11.3 Å². The molecule has 0 saturated carbocycles. The Hall–Kier alpha value is -5.43. The van der Waals surface area contributed by atoms with Crippen LogP contribution in [-0.4, -0.2) is 56.5 Å². The average Bonchev–Trinajstić information content (AvgIpc) is 3.66. The van der Waals surface area contributed by atoms with E-state index in [0.29, 0.717) is 54.6 Å². The second-order valence-corrected chi connectivity index (χ2v) is 11.5. The lowest BCUT2D eigenvalue weighted by atomic mass is 9.95. The zero-order valence-electron chi connectivity index (χ0n) is 27.3. The number of benzene rings is 2. The monoisotopic (exact) mass is 674 g/mol. The Kier molecular flexibility index (Phi) is 10.3. The minimum atomic E-state index is -0.910. The summed E-state index contributed by atoms with van der Waals surface area (Å²) >= 11 is 1.15. The molecule has 0 radical (unpaired) electrons. The molecule has 1 aliphatic rings. The fourth-order valence-corrected chi connectivity index (χ4v) is 6.35. The first-order valence-electron chi connectivity index (χ1n) is 15.1. The highest BCUT2D eigenvalue weighted by Gasteiger charge is 2.34. The number of fused-ring (bicyclic) bond motifs is 1. The van der Waals surface area contributed by atoms with Crippen molar-refractivity contribution in [2.24, 2.45) is 4.99 Å². The minimum absolute atomic E-state index is 0.125. The number of hydrogen-bond donors (Lipinski definition) is 0. The number of carbonyl (C=O) groups is 3. The molecule has 0 N–H and O–H groups in total. The summed E-state index contributed by atoms with van der Waals surface area (Å²) in [6, 6.07) is 12.8. The van der Waals surface area contributed by atoms with Crippen molar-refractivity contribution in [1.29, 1.82) is 0 Å². The van der Waals surface area contributed by atoms with Gasteiger partial charge in [-0.3, -0.25) is 9.36 Å². The number of ether oxygens (including phenoxy) is 5. The molecule has 250 valence electrons. The van der Waals surface area contributed by atoms with Crippen LogP contribution in [0.5, 0.6) is 11.5 Å². The van der Waals surface area contributed by atoms with Crippen LogP contribution < -0.4 is 24.4 Å². The first-order valence-corrected chi connectivity index (χ1v) is 15.9. The van der Waals surface area contributed by atoms with Gasteiger partial charge < -0.3 is 28.1 Å². The molecular formula is C35H34N2O10S. The molecule has 3 heterocycles. The van der Waals surface area contributed by atoms with Crippen LogP contribution in [0.1, 0.15) is 54.1 Å². The Morgan fingerprint density at radius 1 is 0.958 bits per heavy atom. The number of rotatable bonds is 11. The van der Waals surface area contributed by atoms with E-state index in [4.69, 9.17) is 23.4 Å². The van der Waals surface area contributed by atoms with Gasteiger partial charge in [0.25, 0.3) is 5.56 Å². The number of furan rings is 1. The van der Waals surface area contributed by atoms with Crippen molar-refractivity contribution in [3.05, 3.63) is 102 Å². The van der Waals surface area contributed by atoms with Crippen LogP contribution in [0.3, 0.4) is 0 Å². The molecule has 0 unspecified atom stereocenters. The van der Waals surface area contributed by atoms with Gasteiger partial charge in [-0.2, -0.15) is 0 Å². The molecule has 0 spiro atoms. The van der Waals surface area contributed by atoms with Crippen molar-refractivity contribution < 1.29 is 42.5 Å². The fourth-order valence-electron chi connectivity index (χ4n) is 5.32. The van der Waals surface area contributed by atoms with E-state index in [1.807, 2.05) is 6.07 Å². The molecule has 0 bridgehead atoms. The Balaban J connectivity index is 1.61. The van der Waals surface area contributed by atoms with Gasteiger partial charge >= 0.3 is 17.9 Å². The van der Waals surface area contributed by atoms with Crippen molar-refractivity contribution in [2.75, 3.05) is 34.0 Å². The maximum atomic E-state index is 14.1. The molecule has 48 heavy (non-hydrogen) atoms. The van der Waals surface area contributed by atoms with Crippen molar-refractivity contribution in [2.45, 2.75) is 33.7 Å². The van der Waals surface area contributed by atoms with Crippen LogP contribution in [0.25, 0.3) is 17.4 Å². The Morgan fingerprint density at radius 2 is 1.75 bits per heavy atom. The van der Waals surface area contributed by atoms with Gasteiger partial charge in [0.15, 0.2) is 22.9 Å². The number of nitrogens with zero attached hydrogens (tertiary/aromatic N) is 2. The summed E-state index contributed by atoms with van der Waals surface area (Å²) < 4.78 is 34.3. The third-order valence-electron chi connectivity index (χ3n) is 7.58. The molecule has 0 amide bonds. The highest BCUT2D eigenvalue weighted by Crippen LogP contribution is 2.36. The van der Waals surface area contributed by atoms with Crippen molar-refractivity contribution in [1.82, 2.24) is 4.57 Å². The van der Waals surface area contributed by atoms with Crippen LogP contribution in [0, 0.1) is 6.92 Å². The van der Waals surface area contributed by atoms with E-state index in [-0.39, 0.29) is 31.1 Å². The number of esters is 3. The van der Waals surface area contributed by atoms with Gasteiger partial charge in [0.2, 0.25) is 0 Å². The van der Waals surface area contributed by atoms with Crippen LogP contribution in [0.15, 0.2) is 74.0 Å². The highest BCUT2D eigenvalue weighted by atomic mass is 32.1. The molecule has 0 fully saturated rings. The summed E-state index contributed by atoms with van der Waals surface area (Å²) in [5.41, 5.74) is 2.56. The van der Waals surface area contributed by atoms with E-state index in [2.05, 4.69) is 9.73 Å². The molecule has 1 atom stereocenters. The number of thiazole rings is 1. The maximum absolute atomic E-state index is 14.1. The zero-order valence-corrected chi connectivity index (χ0v) is 28.1. The normalized spacial score (nSPS) is 14.2. The van der Waals surface area contributed by atoms with Crippen LogP contribution in [0.2, 0.25) is 0 Å². The predicted molar refractivity (Wildman–Crippen MR) is 176 cm³/mol. The Labute approximate surface area is 279 Å². The standard InChI is InChI=1S/C35H34N2O10S/c1-7-44-27-16-21(12-14-26(27)46-18-29(38)42-5)31-30(34(41)45-8-2)20(4)36-35-37(31)32(39)28(48-35)17-22-13-15-25(47-22)23-10-9-11-24(19(23)3)33(40)43-6/h9-17,31H,7-8,18H2,1-6H3/b28-17-/t31-/m0/s1. The predicted octanol–water partition coefficient (Wildman–Crippen LogP) is 4.10. The number of methoxy groups -OCH3 is 2. The molecule has 4 aromatic rings. The van der Waals surface area contributed by atoms with E-state index < -0.39 is 29.5 Å². The molecule has 2 aromatic carbocycles. The summed E-state index contributed by atoms with van der Waals surface area (Å²) in [7, 11) is 2.59. The van der Waals surface area contributed by atoms with E-state index in [1.165, 1.54) is 18.8 Å². The second kappa shape index (κ2) is 14.6. The summed E-state index contributed by atoms with van der Waals surface area (Å²) in [6.45, 7) is 7.08. The Bertz CT molecular complexity index is 2100. The number of hydrogen-bond acceptors (Lipinski definition) is 12. The van der Waals surface area contributed by atoms with Crippen LogP contribution in [-0.2, 0) is 23.8 Å². The van der Waals surface area contributed by atoms with E-state index >= 15 is 0 Å². The van der Waals surface area contributed by atoms with Crippen molar-refractivity contribution in [3.63, 3.8) is 0 Å². The molecule has 5 rings (SSSR count).